The van der Waals surface area contributed by atoms with Gasteiger partial charge in [0, 0.05) is 100 Å². The van der Waals surface area contributed by atoms with Crippen molar-refractivity contribution < 1.29 is 83.4 Å². The lowest BCUT2D eigenvalue weighted by atomic mass is 10.0. The molecule has 0 aliphatic carbocycles. The summed E-state index contributed by atoms with van der Waals surface area (Å²) in [5.74, 6) is -10.9. The third kappa shape index (κ3) is 27.5. The molecule has 3 aromatic carbocycles. The number of para-hydroxylation sites is 1. The highest BCUT2D eigenvalue weighted by molar-refractivity contribution is 7.80. The van der Waals surface area contributed by atoms with Crippen LogP contribution in [-0.4, -0.2) is 278 Å². The fourth-order valence-electron chi connectivity index (χ4n) is 10.7. The smallest absolute Gasteiger partial charge is 0.317 e. The van der Waals surface area contributed by atoms with E-state index in [0.29, 0.717) is 34.0 Å². The standard InChI is InChI=1S/C65H94N14O17S2/c1-39(40(2)80)68-63(94)52(37-97)74-65(96)58(41(3)81)75-59(90)48(15-9-10-20-66)70-62(93)51(31-44-32-67-47-14-8-7-13-46(44)47)72-61(92)50(30-43-16-18-45(82)19-17-43)71-64(95)53(38-98)73-60(91)49(29-42-11-5-4-6-12-42)69-54(83)33-76-21-23-77(34-55(84)85)25-27-79(36-57(88)89)28-26-78(24-22-76)35-56(86)87/h4-8,11-14,16-19,32,39-41,48-53,58,67,80-82,97-98H,9-10,15,20-31,33-38,66H2,1-3H3,(H,68,94)(H,69,83)(H,70,93)(H,71,95)(H,72,92)(H,73,91)(H,74,96)(H,75,90)(H,84,85)(H,86,87)(H,88,89)/t39-,40-,41-,48+,49-,50+,51-,52+,53+,58+/m1/s1. The number of aliphatic hydroxyl groups is 2. The Hall–Kier alpha value is -8.41. The van der Waals surface area contributed by atoms with Crippen LogP contribution in [-0.2, 0) is 72.0 Å². The lowest BCUT2D eigenvalue weighted by Gasteiger charge is -2.33. The van der Waals surface area contributed by atoms with Gasteiger partial charge < -0.3 is 83.9 Å². The van der Waals surface area contributed by atoms with Crippen LogP contribution in [0, 0.1) is 0 Å². The highest BCUT2D eigenvalue weighted by Gasteiger charge is 2.36. The number of aromatic nitrogens is 1. The van der Waals surface area contributed by atoms with Crippen molar-refractivity contribution in [3.05, 3.63) is 102 Å². The van der Waals surface area contributed by atoms with Crippen molar-refractivity contribution in [2.75, 3.05) is 96.6 Å². The topological polar surface area (TPSA) is 460 Å². The second-order valence-corrected chi connectivity index (χ2v) is 25.0. The van der Waals surface area contributed by atoms with Gasteiger partial charge in [0.2, 0.25) is 47.3 Å². The van der Waals surface area contributed by atoms with Gasteiger partial charge in [-0.25, -0.2) is 0 Å². The Bertz CT molecular complexity index is 3260. The van der Waals surface area contributed by atoms with Gasteiger partial charge in [0.05, 0.1) is 44.4 Å². The molecular weight excluding hydrogens is 1310 g/mol. The molecule has 0 saturated carbocycles. The molecule has 1 fully saturated rings. The first-order valence-corrected chi connectivity index (χ1v) is 33.5. The van der Waals surface area contributed by atoms with Crippen LogP contribution in [0.5, 0.6) is 5.75 Å². The number of hydrogen-bond acceptors (Lipinski definition) is 21. The molecule has 1 aliphatic rings. The van der Waals surface area contributed by atoms with Crippen molar-refractivity contribution in [2.45, 2.75) is 120 Å². The molecule has 33 heteroatoms. The molecule has 0 bridgehead atoms. The number of unbranched alkanes of at least 4 members (excludes halogenated alkanes) is 1. The Kier molecular flexibility index (Phi) is 33.7. The number of rotatable bonds is 37. The highest BCUT2D eigenvalue weighted by atomic mass is 32.1. The molecule has 538 valence electrons. The molecule has 1 saturated heterocycles. The molecule has 1 aromatic heterocycles. The minimum atomic E-state index is -1.68. The number of fused-ring (bicyclic) bond motifs is 1. The Balaban J connectivity index is 1.42. The number of thiol groups is 2. The molecule has 0 unspecified atom stereocenters. The predicted molar refractivity (Wildman–Crippen MR) is 368 cm³/mol. The van der Waals surface area contributed by atoms with Crippen molar-refractivity contribution >= 4 is 101 Å². The summed E-state index contributed by atoms with van der Waals surface area (Å²) in [7, 11) is 0. The van der Waals surface area contributed by atoms with Gasteiger partial charge in [0.15, 0.2) is 0 Å². The summed E-state index contributed by atoms with van der Waals surface area (Å²) in [6, 6.07) is 10.5. The summed E-state index contributed by atoms with van der Waals surface area (Å²) in [6.45, 7) is 3.91. The highest BCUT2D eigenvalue weighted by Crippen LogP contribution is 2.21. The van der Waals surface area contributed by atoms with Gasteiger partial charge in [0.1, 0.15) is 48.0 Å². The van der Waals surface area contributed by atoms with E-state index in [2.05, 4.69) is 72.8 Å². The molecule has 8 amide bonds. The number of nitrogens with one attached hydrogen (secondary N) is 9. The fraction of sp³-hybridized carbons (Fsp3) is 0.523. The number of carbonyl (C=O) groups excluding carboxylic acids is 8. The third-order valence-electron chi connectivity index (χ3n) is 16.4. The van der Waals surface area contributed by atoms with Crippen molar-refractivity contribution in [1.82, 2.24) is 67.1 Å². The molecule has 10 atom stereocenters. The Labute approximate surface area is 578 Å². The molecule has 2 heterocycles. The molecular formula is C65H94N14O17S2. The molecule has 17 N–H and O–H groups in total. The first kappa shape index (κ1) is 80.3. The maximum Gasteiger partial charge on any atom is 0.317 e. The maximum atomic E-state index is 15.0. The number of aliphatic hydroxyl groups excluding tert-OH is 2. The number of nitrogens with zero attached hydrogens (tertiary/aromatic N) is 4. The van der Waals surface area contributed by atoms with Crippen molar-refractivity contribution in [3.63, 3.8) is 0 Å². The normalized spacial score (nSPS) is 16.8. The van der Waals surface area contributed by atoms with Crippen LogP contribution in [0.4, 0.5) is 0 Å². The second kappa shape index (κ2) is 41.1. The minimum absolute atomic E-state index is 0.0522. The van der Waals surface area contributed by atoms with E-state index in [9.17, 15) is 78.6 Å². The lowest BCUT2D eigenvalue weighted by molar-refractivity contribution is -0.140. The van der Waals surface area contributed by atoms with Gasteiger partial charge in [-0.05, 0) is 81.5 Å². The molecule has 5 rings (SSSR count). The number of amides is 8. The van der Waals surface area contributed by atoms with Crippen LogP contribution < -0.4 is 48.3 Å². The SMILES string of the molecule is C[C@@H](O)[C@H](NC(=O)[C@H](CCCCN)NC(=O)[C@@H](Cc1c[nH]c2ccccc12)NC(=O)[C@H](Cc1ccc(O)cc1)NC(=O)[C@H](CS)NC(=O)[C@@H](Cc1ccccc1)NC(=O)CN1CCN(CC(=O)O)CCN(CC(=O)O)CCN(CC(=O)O)CC1)C(=O)N[C@@H](CS)C(=O)N[C@H](C)[C@@H](C)O. The first-order valence-electron chi connectivity index (χ1n) is 32.3. The average molecular weight is 1410 g/mol. The van der Waals surface area contributed by atoms with E-state index in [1.165, 1.54) is 38.1 Å². The van der Waals surface area contributed by atoms with Crippen LogP contribution in [0.15, 0.2) is 85.1 Å². The van der Waals surface area contributed by atoms with Crippen LogP contribution >= 0.6 is 25.3 Å². The van der Waals surface area contributed by atoms with Crippen LogP contribution in [0.3, 0.4) is 0 Å². The van der Waals surface area contributed by atoms with E-state index in [0.717, 1.165) is 0 Å². The number of carboxylic acid groups (broad SMARTS) is 3. The maximum absolute atomic E-state index is 15.0. The number of aliphatic carboxylic acids is 3. The molecule has 31 nitrogen and oxygen atoms in total. The number of hydrogen-bond donors (Lipinski definition) is 18. The van der Waals surface area contributed by atoms with Gasteiger partial charge >= 0.3 is 17.9 Å². The summed E-state index contributed by atoms with van der Waals surface area (Å²) >= 11 is 8.62. The van der Waals surface area contributed by atoms with E-state index < -0.39 is 139 Å². The Morgan fingerprint density at radius 1 is 0.469 bits per heavy atom. The van der Waals surface area contributed by atoms with E-state index in [1.807, 2.05) is 0 Å². The van der Waals surface area contributed by atoms with E-state index in [4.69, 9.17) is 5.73 Å². The van der Waals surface area contributed by atoms with Crippen LogP contribution in [0.1, 0.15) is 56.7 Å². The van der Waals surface area contributed by atoms with E-state index >= 15 is 4.79 Å². The summed E-state index contributed by atoms with van der Waals surface area (Å²) in [5.41, 5.74) is 8.09. The Morgan fingerprint density at radius 2 is 0.878 bits per heavy atom. The number of phenols is 1. The number of carboxylic acids is 3. The number of aromatic hydroxyl groups is 1. The predicted octanol–water partition coefficient (Wildman–Crippen LogP) is -2.97. The van der Waals surface area contributed by atoms with Gasteiger partial charge in [-0.15, -0.1) is 0 Å². The summed E-state index contributed by atoms with van der Waals surface area (Å²) < 4.78 is 0. The number of benzene rings is 3. The number of nitrogens with two attached hydrogens (primary N) is 1. The van der Waals surface area contributed by atoms with Gasteiger partial charge in [0.25, 0.3) is 0 Å². The summed E-state index contributed by atoms with van der Waals surface area (Å²) in [6.07, 6.45) is -0.799. The van der Waals surface area contributed by atoms with Crippen molar-refractivity contribution in [3.8, 4) is 5.75 Å². The quantitative estimate of drug-likeness (QED) is 0.0158. The van der Waals surface area contributed by atoms with Crippen molar-refractivity contribution in [2.24, 2.45) is 5.73 Å². The zero-order valence-electron chi connectivity index (χ0n) is 55.1. The number of phenolic OH excluding ortho intramolecular Hbond substituents is 1. The average Bonchev–Trinajstić information content (AvgIpc) is 1.61. The molecule has 4 aromatic rings. The third-order valence-corrected chi connectivity index (χ3v) is 17.1. The summed E-state index contributed by atoms with van der Waals surface area (Å²) in [5, 5.41) is 81.9. The number of carbonyl (C=O) groups is 11. The Morgan fingerprint density at radius 3 is 1.36 bits per heavy atom. The minimum Gasteiger partial charge on any atom is -0.508 e. The number of aromatic amines is 1. The zero-order chi connectivity index (χ0) is 72.0. The van der Waals surface area contributed by atoms with Crippen LogP contribution in [0.2, 0.25) is 0 Å². The van der Waals surface area contributed by atoms with Gasteiger partial charge in [-0.1, -0.05) is 60.7 Å². The first-order chi connectivity index (χ1) is 46.7. The van der Waals surface area contributed by atoms with Gasteiger partial charge in [-0.2, -0.15) is 25.3 Å². The van der Waals surface area contributed by atoms with Crippen LogP contribution in [0.25, 0.3) is 10.9 Å². The molecule has 98 heavy (non-hydrogen) atoms. The van der Waals surface area contributed by atoms with E-state index in [-0.39, 0.29) is 121 Å². The van der Waals surface area contributed by atoms with Gasteiger partial charge in [-0.3, -0.25) is 72.3 Å². The summed E-state index contributed by atoms with van der Waals surface area (Å²) in [4.78, 5) is 160. The van der Waals surface area contributed by atoms with Crippen molar-refractivity contribution in [1.29, 1.82) is 0 Å². The monoisotopic (exact) mass is 1410 g/mol. The fourth-order valence-corrected chi connectivity index (χ4v) is 11.2. The lowest BCUT2D eigenvalue weighted by Crippen LogP contribution is -2.62. The molecule has 1 aliphatic heterocycles. The number of H-pyrrole nitrogens is 1. The van der Waals surface area contributed by atoms with E-state index in [1.54, 1.807) is 87.3 Å². The largest absolute Gasteiger partial charge is 0.508 e. The zero-order valence-corrected chi connectivity index (χ0v) is 56.9. The second-order valence-electron chi connectivity index (χ2n) is 24.3. The molecule has 0 radical (unpaired) electrons. The molecule has 0 spiro atoms.